The van der Waals surface area contributed by atoms with Gasteiger partial charge in [0.25, 0.3) is 0 Å². The lowest BCUT2D eigenvalue weighted by Gasteiger charge is -2.42. The predicted octanol–water partition coefficient (Wildman–Crippen LogP) is 2.91. The number of piperidine rings is 1. The molecule has 1 atom stereocenters. The maximum atomic E-state index is 12.2. The Labute approximate surface area is 143 Å². The summed E-state index contributed by atoms with van der Waals surface area (Å²) in [5, 5.41) is 9.57. The van der Waals surface area contributed by atoms with Gasteiger partial charge in [0.05, 0.1) is 10.00 Å². The van der Waals surface area contributed by atoms with Crippen molar-refractivity contribution in [3.8, 4) is 0 Å². The molecule has 124 valence electrons. The van der Waals surface area contributed by atoms with Crippen LogP contribution >= 0.6 is 23.5 Å². The molecule has 1 spiro atoms. The fourth-order valence-corrected chi connectivity index (χ4v) is 6.39. The molecule has 0 saturated carbocycles. The lowest BCUT2D eigenvalue weighted by Crippen LogP contribution is -2.52. The van der Waals surface area contributed by atoms with E-state index in [1.54, 1.807) is 23.5 Å². The Morgan fingerprint density at radius 3 is 2.61 bits per heavy atom. The van der Waals surface area contributed by atoms with Crippen LogP contribution in [0.15, 0.2) is 30.3 Å². The monoisotopic (exact) mass is 353 g/mol. The molecule has 0 radical (unpaired) electrons. The zero-order valence-electron chi connectivity index (χ0n) is 12.6. The van der Waals surface area contributed by atoms with Crippen LogP contribution in [0.1, 0.15) is 12.0 Å². The molecule has 2 aliphatic rings. The van der Waals surface area contributed by atoms with Crippen LogP contribution in [-0.4, -0.2) is 50.7 Å². The van der Waals surface area contributed by atoms with E-state index >= 15 is 0 Å². The molecule has 1 amide bonds. The molecule has 2 saturated heterocycles. The van der Waals surface area contributed by atoms with Crippen molar-refractivity contribution in [3.63, 3.8) is 0 Å². The molecule has 2 heterocycles. The van der Waals surface area contributed by atoms with Crippen molar-refractivity contribution in [2.45, 2.75) is 17.1 Å². The van der Waals surface area contributed by atoms with E-state index in [1.165, 1.54) is 4.90 Å². The van der Waals surface area contributed by atoms with Gasteiger partial charge in [0, 0.05) is 24.6 Å². The minimum absolute atomic E-state index is 0.211. The second kappa shape index (κ2) is 7.05. The van der Waals surface area contributed by atoms with Crippen molar-refractivity contribution in [2.24, 2.45) is 5.92 Å². The Bertz CT molecular complexity index is 575. The summed E-state index contributed by atoms with van der Waals surface area (Å²) < 4.78 is 5.05. The Balaban J connectivity index is 1.60. The third kappa shape index (κ3) is 3.61. The highest BCUT2D eigenvalue weighted by molar-refractivity contribution is 8.21. The van der Waals surface area contributed by atoms with E-state index in [0.29, 0.717) is 13.0 Å². The molecule has 2 fully saturated rings. The van der Waals surface area contributed by atoms with Gasteiger partial charge >= 0.3 is 12.1 Å². The van der Waals surface area contributed by atoms with E-state index in [-0.39, 0.29) is 17.2 Å². The topological polar surface area (TPSA) is 66.8 Å². The summed E-state index contributed by atoms with van der Waals surface area (Å²) in [4.78, 5) is 25.4. The number of benzene rings is 1. The molecule has 1 aromatic rings. The van der Waals surface area contributed by atoms with E-state index in [1.807, 2.05) is 30.3 Å². The summed E-state index contributed by atoms with van der Waals surface area (Å²) in [6.45, 7) is 0.989. The van der Waals surface area contributed by atoms with E-state index in [4.69, 9.17) is 4.74 Å². The standard InChI is InChI=1S/C16H19NO4S2/c18-14(19)13-10-17(7-6-16(13)22-8-9-23-16)15(20)21-11-12-4-2-1-3-5-12/h1-5,13H,6-11H2,(H,18,19). The van der Waals surface area contributed by atoms with Crippen LogP contribution in [0, 0.1) is 5.92 Å². The number of rotatable bonds is 3. The maximum absolute atomic E-state index is 12.2. The lowest BCUT2D eigenvalue weighted by molar-refractivity contribution is -0.143. The van der Waals surface area contributed by atoms with Gasteiger partial charge in [-0.1, -0.05) is 30.3 Å². The van der Waals surface area contributed by atoms with Crippen molar-refractivity contribution in [1.82, 2.24) is 4.90 Å². The summed E-state index contributed by atoms with van der Waals surface area (Å²) in [5.74, 6) is 0.588. The molecular formula is C16H19NO4S2. The number of carboxylic acids is 1. The lowest BCUT2D eigenvalue weighted by atomic mass is 9.97. The molecule has 0 bridgehead atoms. The average molecular weight is 353 g/mol. The van der Waals surface area contributed by atoms with Crippen molar-refractivity contribution in [3.05, 3.63) is 35.9 Å². The SMILES string of the molecule is O=C(O)C1CN(C(=O)OCc2ccccc2)CCC12SCCS2. The molecule has 2 aliphatic heterocycles. The van der Waals surface area contributed by atoms with E-state index in [2.05, 4.69) is 0 Å². The Morgan fingerprint density at radius 1 is 1.26 bits per heavy atom. The molecule has 0 aromatic heterocycles. The summed E-state index contributed by atoms with van der Waals surface area (Å²) in [5.41, 5.74) is 0.922. The first-order valence-corrected chi connectivity index (χ1v) is 9.54. The molecule has 1 unspecified atom stereocenters. The summed E-state index contributed by atoms with van der Waals surface area (Å²) in [7, 11) is 0. The number of carboxylic acid groups (broad SMARTS) is 1. The molecule has 1 N–H and O–H groups in total. The Hall–Kier alpha value is -1.34. The highest BCUT2D eigenvalue weighted by Gasteiger charge is 2.51. The van der Waals surface area contributed by atoms with Gasteiger partial charge < -0.3 is 14.7 Å². The first-order chi connectivity index (χ1) is 11.1. The number of likely N-dealkylation sites (tertiary alicyclic amines) is 1. The first kappa shape index (κ1) is 16.5. The smallest absolute Gasteiger partial charge is 0.410 e. The first-order valence-electron chi connectivity index (χ1n) is 7.57. The fraction of sp³-hybridized carbons (Fsp3) is 0.500. The molecule has 1 aromatic carbocycles. The predicted molar refractivity (Wildman–Crippen MR) is 91.6 cm³/mol. The molecule has 0 aliphatic carbocycles. The van der Waals surface area contributed by atoms with E-state index in [9.17, 15) is 14.7 Å². The van der Waals surface area contributed by atoms with Crippen molar-refractivity contribution in [2.75, 3.05) is 24.6 Å². The second-order valence-corrected chi connectivity index (χ2v) is 8.75. The fourth-order valence-electron chi connectivity index (χ4n) is 2.97. The van der Waals surface area contributed by atoms with Gasteiger partial charge in [0.15, 0.2) is 0 Å². The van der Waals surface area contributed by atoms with Crippen LogP contribution < -0.4 is 0 Å². The number of amides is 1. The Morgan fingerprint density at radius 2 is 1.96 bits per heavy atom. The minimum Gasteiger partial charge on any atom is -0.481 e. The van der Waals surface area contributed by atoms with Crippen LogP contribution in [0.2, 0.25) is 0 Å². The quantitative estimate of drug-likeness (QED) is 0.901. The number of aliphatic carboxylic acids is 1. The van der Waals surface area contributed by atoms with Crippen molar-refractivity contribution in [1.29, 1.82) is 0 Å². The average Bonchev–Trinajstić information content (AvgIpc) is 3.02. The van der Waals surface area contributed by atoms with Crippen LogP contribution in [0.25, 0.3) is 0 Å². The summed E-state index contributed by atoms with van der Waals surface area (Å²) in [6.07, 6.45) is 0.266. The second-order valence-electron chi connectivity index (χ2n) is 5.64. The van der Waals surface area contributed by atoms with E-state index in [0.717, 1.165) is 17.1 Å². The normalized spacial score (nSPS) is 23.0. The van der Waals surface area contributed by atoms with E-state index < -0.39 is 18.0 Å². The molecule has 23 heavy (non-hydrogen) atoms. The molecular weight excluding hydrogens is 334 g/mol. The third-order valence-electron chi connectivity index (χ3n) is 4.20. The summed E-state index contributed by atoms with van der Waals surface area (Å²) >= 11 is 3.46. The highest BCUT2D eigenvalue weighted by atomic mass is 32.2. The van der Waals surface area contributed by atoms with Crippen LogP contribution in [0.3, 0.4) is 0 Å². The number of carbonyl (C=O) groups excluding carboxylic acids is 1. The third-order valence-corrected chi connectivity index (χ3v) is 7.94. The van der Waals surface area contributed by atoms with Crippen LogP contribution in [0.5, 0.6) is 0 Å². The minimum atomic E-state index is -0.826. The molecule has 7 heteroatoms. The number of hydrogen-bond donors (Lipinski definition) is 1. The number of carbonyl (C=O) groups is 2. The highest BCUT2D eigenvalue weighted by Crippen LogP contribution is 2.53. The zero-order valence-corrected chi connectivity index (χ0v) is 14.3. The van der Waals surface area contributed by atoms with Crippen LogP contribution in [-0.2, 0) is 16.1 Å². The van der Waals surface area contributed by atoms with Gasteiger partial charge in [0.2, 0.25) is 0 Å². The van der Waals surface area contributed by atoms with Gasteiger partial charge in [-0.05, 0) is 12.0 Å². The number of hydrogen-bond acceptors (Lipinski definition) is 5. The number of nitrogens with zero attached hydrogens (tertiary/aromatic N) is 1. The van der Waals surface area contributed by atoms with Gasteiger partial charge in [0.1, 0.15) is 6.61 Å². The van der Waals surface area contributed by atoms with Gasteiger partial charge in [-0.2, -0.15) is 0 Å². The Kier molecular flexibility index (Phi) is 5.06. The van der Waals surface area contributed by atoms with Crippen LogP contribution in [0.4, 0.5) is 4.79 Å². The summed E-state index contributed by atoms with van der Waals surface area (Å²) in [6, 6.07) is 9.48. The van der Waals surface area contributed by atoms with Crippen molar-refractivity contribution < 1.29 is 19.4 Å². The number of thioether (sulfide) groups is 2. The van der Waals surface area contributed by atoms with Gasteiger partial charge in [-0.25, -0.2) is 4.79 Å². The zero-order chi connectivity index (χ0) is 16.3. The molecule has 3 rings (SSSR count). The molecule has 5 nitrogen and oxygen atoms in total. The van der Waals surface area contributed by atoms with Gasteiger partial charge in [-0.15, -0.1) is 23.5 Å². The maximum Gasteiger partial charge on any atom is 0.410 e. The largest absolute Gasteiger partial charge is 0.481 e. The van der Waals surface area contributed by atoms with Crippen molar-refractivity contribution >= 4 is 35.6 Å². The van der Waals surface area contributed by atoms with Gasteiger partial charge in [-0.3, -0.25) is 4.79 Å². The number of ether oxygens (including phenoxy) is 1.